The van der Waals surface area contributed by atoms with Crippen LogP contribution in [0.3, 0.4) is 0 Å². The number of hydrogen-bond donors (Lipinski definition) is 0. The molecule has 1 heterocycles. The third-order valence-electron chi connectivity index (χ3n) is 4.28. The van der Waals surface area contributed by atoms with Crippen molar-refractivity contribution in [3.63, 3.8) is 0 Å². The van der Waals surface area contributed by atoms with Crippen molar-refractivity contribution >= 4 is 5.78 Å². The zero-order valence-electron chi connectivity index (χ0n) is 13.6. The average molecular weight is 308 g/mol. The Labute approximate surface area is 136 Å². The normalized spacial score (nSPS) is 20.3. The van der Waals surface area contributed by atoms with Crippen LogP contribution in [0.2, 0.25) is 0 Å². The summed E-state index contributed by atoms with van der Waals surface area (Å²) in [5.74, 6) is 1.50. The number of ketones is 1. The van der Waals surface area contributed by atoms with Crippen molar-refractivity contribution in [2.75, 3.05) is 7.11 Å². The van der Waals surface area contributed by atoms with E-state index in [1.165, 1.54) is 0 Å². The molecular weight excluding hydrogens is 288 g/mol. The molecule has 0 saturated carbocycles. The minimum Gasteiger partial charge on any atom is -0.497 e. The summed E-state index contributed by atoms with van der Waals surface area (Å²) in [7, 11) is 1.65. The van der Waals surface area contributed by atoms with Gasteiger partial charge in [-0.05, 0) is 37.1 Å². The summed E-state index contributed by atoms with van der Waals surface area (Å²) < 4.78 is 11.3. The van der Waals surface area contributed by atoms with E-state index in [9.17, 15) is 4.79 Å². The molecule has 2 atom stereocenters. The second-order valence-electron chi connectivity index (χ2n) is 5.73. The summed E-state index contributed by atoms with van der Waals surface area (Å²) in [5, 5.41) is 0. The molecule has 3 heteroatoms. The molecule has 0 unspecified atom stereocenters. The Morgan fingerprint density at radius 3 is 2.22 bits per heavy atom. The summed E-state index contributed by atoms with van der Waals surface area (Å²) in [6.07, 6.45) is -0.192. The van der Waals surface area contributed by atoms with E-state index < -0.39 is 0 Å². The van der Waals surface area contributed by atoms with Crippen molar-refractivity contribution in [2.24, 2.45) is 0 Å². The van der Waals surface area contributed by atoms with Gasteiger partial charge in [-0.3, -0.25) is 4.79 Å². The zero-order valence-corrected chi connectivity index (χ0v) is 13.6. The number of Topliss-reactive ketones (excluding diaryl/α,β-unsaturated/α-hetero) is 1. The maximum atomic E-state index is 12.2. The van der Waals surface area contributed by atoms with Crippen molar-refractivity contribution in [2.45, 2.75) is 25.9 Å². The molecule has 0 radical (unpaired) electrons. The summed E-state index contributed by atoms with van der Waals surface area (Å²) in [6, 6.07) is 17.9. The first-order chi connectivity index (χ1) is 11.1. The highest BCUT2D eigenvalue weighted by Crippen LogP contribution is 2.47. The maximum absolute atomic E-state index is 12.2. The molecule has 0 spiro atoms. The van der Waals surface area contributed by atoms with E-state index in [1.54, 1.807) is 14.0 Å². The predicted octanol–water partition coefficient (Wildman–Crippen LogP) is 4.41. The molecule has 0 N–H and O–H groups in total. The van der Waals surface area contributed by atoms with Crippen molar-refractivity contribution in [3.8, 4) is 5.75 Å². The Balaban J connectivity index is 2.04. The summed E-state index contributed by atoms with van der Waals surface area (Å²) in [4.78, 5) is 12.2. The van der Waals surface area contributed by atoms with Crippen molar-refractivity contribution in [1.82, 2.24) is 0 Å². The Hall–Kier alpha value is -2.55. The molecule has 3 rings (SSSR count). The number of ether oxygens (including phenoxy) is 2. The first kappa shape index (κ1) is 15.3. The summed E-state index contributed by atoms with van der Waals surface area (Å²) in [5.41, 5.74) is 2.89. The highest BCUT2D eigenvalue weighted by atomic mass is 16.5. The average Bonchev–Trinajstić information content (AvgIpc) is 2.93. The lowest BCUT2D eigenvalue weighted by molar-refractivity contribution is -0.113. The molecule has 118 valence electrons. The van der Waals surface area contributed by atoms with E-state index in [2.05, 4.69) is 0 Å². The minimum atomic E-state index is -0.192. The standard InChI is InChI=1S/C20H20O3/c1-13(21)18-14(2)23-20(16-9-11-17(22-3)12-10-16)19(18)15-7-5-4-6-8-15/h4-12,19-20H,1-3H3/t19-,20-/m1/s1. The fourth-order valence-corrected chi connectivity index (χ4v) is 3.22. The van der Waals surface area contributed by atoms with Gasteiger partial charge in [0.15, 0.2) is 5.78 Å². The van der Waals surface area contributed by atoms with E-state index in [0.717, 1.165) is 22.4 Å². The Morgan fingerprint density at radius 1 is 1.00 bits per heavy atom. The third kappa shape index (κ3) is 2.87. The Morgan fingerprint density at radius 2 is 1.65 bits per heavy atom. The van der Waals surface area contributed by atoms with Crippen molar-refractivity contribution in [3.05, 3.63) is 77.1 Å². The van der Waals surface area contributed by atoms with Gasteiger partial charge >= 0.3 is 0 Å². The van der Waals surface area contributed by atoms with Crippen LogP contribution in [0.25, 0.3) is 0 Å². The molecule has 0 aromatic heterocycles. The van der Waals surface area contributed by atoms with Gasteiger partial charge in [-0.25, -0.2) is 0 Å². The quantitative estimate of drug-likeness (QED) is 0.839. The molecular formula is C20H20O3. The molecule has 0 amide bonds. The smallest absolute Gasteiger partial charge is 0.159 e. The van der Waals surface area contributed by atoms with Gasteiger partial charge in [-0.15, -0.1) is 0 Å². The van der Waals surface area contributed by atoms with Crippen LogP contribution in [0.15, 0.2) is 65.9 Å². The largest absolute Gasteiger partial charge is 0.497 e. The molecule has 2 aromatic carbocycles. The number of benzene rings is 2. The lowest BCUT2D eigenvalue weighted by Gasteiger charge is -2.22. The van der Waals surface area contributed by atoms with Crippen LogP contribution < -0.4 is 4.74 Å². The van der Waals surface area contributed by atoms with Crippen molar-refractivity contribution < 1.29 is 14.3 Å². The molecule has 1 aliphatic rings. The van der Waals surface area contributed by atoms with Gasteiger partial charge < -0.3 is 9.47 Å². The molecule has 2 aromatic rings. The van der Waals surface area contributed by atoms with Gasteiger partial charge in [0.25, 0.3) is 0 Å². The van der Waals surface area contributed by atoms with Gasteiger partial charge in [0, 0.05) is 5.57 Å². The van der Waals surface area contributed by atoms with Crippen LogP contribution in [0.5, 0.6) is 5.75 Å². The maximum Gasteiger partial charge on any atom is 0.159 e. The second kappa shape index (κ2) is 6.29. The van der Waals surface area contributed by atoms with Crippen LogP contribution in [0, 0.1) is 0 Å². The van der Waals surface area contributed by atoms with E-state index in [1.807, 2.05) is 61.5 Å². The fourth-order valence-electron chi connectivity index (χ4n) is 3.22. The lowest BCUT2D eigenvalue weighted by atomic mass is 9.83. The first-order valence-corrected chi connectivity index (χ1v) is 7.69. The highest BCUT2D eigenvalue weighted by molar-refractivity contribution is 5.96. The third-order valence-corrected chi connectivity index (χ3v) is 4.28. The molecule has 0 aliphatic carbocycles. The van der Waals surface area contributed by atoms with Gasteiger partial charge in [-0.1, -0.05) is 42.5 Å². The first-order valence-electron chi connectivity index (χ1n) is 7.69. The van der Waals surface area contributed by atoms with Crippen molar-refractivity contribution in [1.29, 1.82) is 0 Å². The Kier molecular flexibility index (Phi) is 4.20. The van der Waals surface area contributed by atoms with Gasteiger partial charge in [0.05, 0.1) is 13.0 Å². The highest BCUT2D eigenvalue weighted by Gasteiger charge is 2.39. The molecule has 3 nitrogen and oxygen atoms in total. The van der Waals surface area contributed by atoms with E-state index in [-0.39, 0.29) is 17.8 Å². The molecule has 0 fully saturated rings. The van der Waals surface area contributed by atoms with Crippen LogP contribution in [-0.4, -0.2) is 12.9 Å². The molecule has 23 heavy (non-hydrogen) atoms. The number of rotatable bonds is 4. The number of hydrogen-bond acceptors (Lipinski definition) is 3. The predicted molar refractivity (Wildman–Crippen MR) is 89.4 cm³/mol. The molecule has 1 aliphatic heterocycles. The fraction of sp³-hybridized carbons (Fsp3) is 0.250. The van der Waals surface area contributed by atoms with Crippen LogP contribution >= 0.6 is 0 Å². The van der Waals surface area contributed by atoms with E-state index >= 15 is 0 Å². The summed E-state index contributed by atoms with van der Waals surface area (Å²) in [6.45, 7) is 3.48. The minimum absolute atomic E-state index is 0.0624. The summed E-state index contributed by atoms with van der Waals surface area (Å²) >= 11 is 0. The van der Waals surface area contributed by atoms with Gasteiger partial charge in [0.2, 0.25) is 0 Å². The van der Waals surface area contributed by atoms with Gasteiger partial charge in [-0.2, -0.15) is 0 Å². The van der Waals surface area contributed by atoms with E-state index in [0.29, 0.717) is 5.76 Å². The van der Waals surface area contributed by atoms with Crippen LogP contribution in [0.1, 0.15) is 37.0 Å². The SMILES string of the molecule is COc1ccc([C@H]2OC(C)=C(C(C)=O)[C@H]2c2ccccc2)cc1. The number of carbonyl (C=O) groups is 1. The number of allylic oxidation sites excluding steroid dienone is 1. The van der Waals surface area contributed by atoms with Gasteiger partial charge in [0.1, 0.15) is 17.6 Å². The molecule has 0 saturated heterocycles. The second-order valence-corrected chi connectivity index (χ2v) is 5.73. The zero-order chi connectivity index (χ0) is 16.4. The topological polar surface area (TPSA) is 35.5 Å². The Bertz CT molecular complexity index is 729. The number of methoxy groups -OCH3 is 1. The van der Waals surface area contributed by atoms with Crippen LogP contribution in [-0.2, 0) is 9.53 Å². The van der Waals surface area contributed by atoms with E-state index in [4.69, 9.17) is 9.47 Å². The van der Waals surface area contributed by atoms with Crippen LogP contribution in [0.4, 0.5) is 0 Å². The number of carbonyl (C=O) groups excluding carboxylic acids is 1. The monoisotopic (exact) mass is 308 g/mol. The lowest BCUT2D eigenvalue weighted by Crippen LogP contribution is -2.13. The molecule has 0 bridgehead atoms.